The van der Waals surface area contributed by atoms with Gasteiger partial charge in [0.05, 0.1) is 10.4 Å². The standard InChI is InChI=1S/C11H12N2O2S/c1-13(2)16(14,15)11-7-3-6-10-9(11)5-4-8-12-10/h3-8H,1-2H3. The Hall–Kier alpha value is -1.46. The molecule has 0 bridgehead atoms. The molecule has 1 aromatic carbocycles. The highest BCUT2D eigenvalue weighted by molar-refractivity contribution is 7.89. The monoisotopic (exact) mass is 236 g/mol. The summed E-state index contributed by atoms with van der Waals surface area (Å²) in [5.74, 6) is 0. The van der Waals surface area contributed by atoms with Gasteiger partial charge in [-0.2, -0.15) is 0 Å². The Morgan fingerprint density at radius 2 is 1.88 bits per heavy atom. The van der Waals surface area contributed by atoms with Gasteiger partial charge in [0.15, 0.2) is 0 Å². The maximum atomic E-state index is 12.0. The zero-order chi connectivity index (χ0) is 11.8. The Bertz CT molecular complexity index is 615. The van der Waals surface area contributed by atoms with Crippen LogP contribution in [0.25, 0.3) is 10.9 Å². The molecule has 0 saturated heterocycles. The summed E-state index contributed by atoms with van der Waals surface area (Å²) < 4.78 is 25.3. The van der Waals surface area contributed by atoms with Crippen molar-refractivity contribution in [3.8, 4) is 0 Å². The number of sulfonamides is 1. The summed E-state index contributed by atoms with van der Waals surface area (Å²) >= 11 is 0. The fourth-order valence-corrected chi connectivity index (χ4v) is 2.59. The third kappa shape index (κ3) is 1.68. The molecule has 0 unspecified atom stereocenters. The molecule has 0 aliphatic heterocycles. The van der Waals surface area contributed by atoms with Gasteiger partial charge in [0.2, 0.25) is 10.0 Å². The predicted octanol–water partition coefficient (Wildman–Crippen LogP) is 1.49. The van der Waals surface area contributed by atoms with Crippen LogP contribution in [-0.2, 0) is 10.0 Å². The molecule has 0 aliphatic rings. The van der Waals surface area contributed by atoms with Crippen LogP contribution in [-0.4, -0.2) is 31.8 Å². The lowest BCUT2D eigenvalue weighted by atomic mass is 10.2. The normalized spacial score (nSPS) is 12.2. The van der Waals surface area contributed by atoms with Gasteiger partial charge in [-0.15, -0.1) is 0 Å². The van der Waals surface area contributed by atoms with E-state index >= 15 is 0 Å². The Balaban J connectivity index is 2.80. The van der Waals surface area contributed by atoms with E-state index in [0.29, 0.717) is 15.8 Å². The third-order valence-electron chi connectivity index (χ3n) is 2.36. The summed E-state index contributed by atoms with van der Waals surface area (Å²) in [7, 11) is -0.373. The highest BCUT2D eigenvalue weighted by Crippen LogP contribution is 2.22. The number of fused-ring (bicyclic) bond motifs is 1. The third-order valence-corrected chi connectivity index (χ3v) is 4.24. The quantitative estimate of drug-likeness (QED) is 0.793. The van der Waals surface area contributed by atoms with Crippen LogP contribution in [0.2, 0.25) is 0 Å². The molecule has 1 heterocycles. The number of nitrogens with zero attached hydrogens (tertiary/aromatic N) is 2. The van der Waals surface area contributed by atoms with E-state index in [2.05, 4.69) is 4.98 Å². The maximum Gasteiger partial charge on any atom is 0.243 e. The lowest BCUT2D eigenvalue weighted by molar-refractivity contribution is 0.521. The van der Waals surface area contributed by atoms with Crippen LogP contribution in [0.15, 0.2) is 41.4 Å². The average molecular weight is 236 g/mol. The van der Waals surface area contributed by atoms with Crippen molar-refractivity contribution in [3.63, 3.8) is 0 Å². The Labute approximate surface area is 94.6 Å². The summed E-state index contributed by atoms with van der Waals surface area (Å²) in [4.78, 5) is 4.43. The molecule has 0 atom stereocenters. The topological polar surface area (TPSA) is 50.3 Å². The summed E-state index contributed by atoms with van der Waals surface area (Å²) in [6.45, 7) is 0. The summed E-state index contributed by atoms with van der Waals surface area (Å²) in [6.07, 6.45) is 1.65. The average Bonchev–Trinajstić information content (AvgIpc) is 2.28. The molecule has 0 fully saturated rings. The van der Waals surface area contributed by atoms with E-state index in [1.54, 1.807) is 36.5 Å². The largest absolute Gasteiger partial charge is 0.256 e. The van der Waals surface area contributed by atoms with E-state index < -0.39 is 10.0 Å². The smallest absolute Gasteiger partial charge is 0.243 e. The highest BCUT2D eigenvalue weighted by Gasteiger charge is 2.19. The van der Waals surface area contributed by atoms with E-state index in [-0.39, 0.29) is 0 Å². The van der Waals surface area contributed by atoms with Crippen molar-refractivity contribution >= 4 is 20.9 Å². The minimum atomic E-state index is -3.41. The second-order valence-corrected chi connectivity index (χ2v) is 5.73. The zero-order valence-corrected chi connectivity index (χ0v) is 9.90. The van der Waals surface area contributed by atoms with Crippen molar-refractivity contribution in [2.24, 2.45) is 0 Å². The summed E-state index contributed by atoms with van der Waals surface area (Å²) in [5, 5.41) is 0.652. The molecule has 1 aromatic heterocycles. The number of benzene rings is 1. The van der Waals surface area contributed by atoms with Crippen molar-refractivity contribution in [2.75, 3.05) is 14.1 Å². The first-order valence-corrected chi connectivity index (χ1v) is 6.24. The van der Waals surface area contributed by atoms with Crippen molar-refractivity contribution in [2.45, 2.75) is 4.90 Å². The molecular weight excluding hydrogens is 224 g/mol. The maximum absolute atomic E-state index is 12.0. The molecule has 0 N–H and O–H groups in total. The van der Waals surface area contributed by atoms with Crippen LogP contribution in [0.4, 0.5) is 0 Å². The van der Waals surface area contributed by atoms with Crippen LogP contribution < -0.4 is 0 Å². The number of rotatable bonds is 2. The minimum Gasteiger partial charge on any atom is -0.256 e. The van der Waals surface area contributed by atoms with Gasteiger partial charge in [-0.3, -0.25) is 4.98 Å². The first-order chi connectivity index (χ1) is 7.53. The van der Waals surface area contributed by atoms with Crippen LogP contribution in [0.5, 0.6) is 0 Å². The summed E-state index contributed by atoms with van der Waals surface area (Å²) in [6, 6.07) is 8.59. The van der Waals surface area contributed by atoms with Gasteiger partial charge in [-0.25, -0.2) is 12.7 Å². The van der Waals surface area contributed by atoms with Gasteiger partial charge in [0, 0.05) is 25.7 Å². The Morgan fingerprint density at radius 3 is 2.56 bits per heavy atom. The predicted molar refractivity (Wildman–Crippen MR) is 62.6 cm³/mol. The molecule has 16 heavy (non-hydrogen) atoms. The van der Waals surface area contributed by atoms with E-state index in [9.17, 15) is 8.42 Å². The second kappa shape index (κ2) is 3.84. The molecule has 4 nitrogen and oxygen atoms in total. The molecular formula is C11H12N2O2S. The SMILES string of the molecule is CN(C)S(=O)(=O)c1cccc2ncccc12. The molecule has 2 rings (SSSR count). The van der Waals surface area contributed by atoms with E-state index in [0.717, 1.165) is 0 Å². The number of aromatic nitrogens is 1. The lowest BCUT2D eigenvalue weighted by Gasteiger charge is -2.12. The van der Waals surface area contributed by atoms with Crippen molar-refractivity contribution in [1.82, 2.24) is 9.29 Å². The Morgan fingerprint density at radius 1 is 1.12 bits per heavy atom. The Kier molecular flexibility index (Phi) is 2.65. The van der Waals surface area contributed by atoms with E-state index in [1.807, 2.05) is 0 Å². The van der Waals surface area contributed by atoms with E-state index in [1.165, 1.54) is 18.4 Å². The number of hydrogen-bond donors (Lipinski definition) is 0. The van der Waals surface area contributed by atoms with Gasteiger partial charge in [-0.05, 0) is 24.3 Å². The molecule has 84 valence electrons. The van der Waals surface area contributed by atoms with Gasteiger partial charge in [0.1, 0.15) is 0 Å². The van der Waals surface area contributed by atoms with Gasteiger partial charge < -0.3 is 0 Å². The van der Waals surface area contributed by atoms with Gasteiger partial charge in [0.25, 0.3) is 0 Å². The fraction of sp³-hybridized carbons (Fsp3) is 0.182. The molecule has 0 radical (unpaired) electrons. The van der Waals surface area contributed by atoms with Crippen LogP contribution in [0.1, 0.15) is 0 Å². The second-order valence-electron chi connectivity index (χ2n) is 3.61. The lowest BCUT2D eigenvalue weighted by Crippen LogP contribution is -2.22. The first kappa shape index (κ1) is 11.0. The minimum absolute atomic E-state index is 0.295. The van der Waals surface area contributed by atoms with Crippen LogP contribution in [0.3, 0.4) is 0 Å². The molecule has 0 spiro atoms. The molecule has 5 heteroatoms. The fourth-order valence-electron chi connectivity index (χ4n) is 1.50. The van der Waals surface area contributed by atoms with Crippen molar-refractivity contribution < 1.29 is 8.42 Å². The molecule has 0 amide bonds. The highest BCUT2D eigenvalue weighted by atomic mass is 32.2. The molecule has 0 aliphatic carbocycles. The molecule has 0 saturated carbocycles. The number of pyridine rings is 1. The van der Waals surface area contributed by atoms with Gasteiger partial charge >= 0.3 is 0 Å². The van der Waals surface area contributed by atoms with Gasteiger partial charge in [-0.1, -0.05) is 6.07 Å². The van der Waals surface area contributed by atoms with Crippen molar-refractivity contribution in [3.05, 3.63) is 36.5 Å². The number of hydrogen-bond acceptors (Lipinski definition) is 3. The molecule has 2 aromatic rings. The first-order valence-electron chi connectivity index (χ1n) is 4.80. The zero-order valence-electron chi connectivity index (χ0n) is 9.08. The van der Waals surface area contributed by atoms with Crippen LogP contribution >= 0.6 is 0 Å². The van der Waals surface area contributed by atoms with Crippen LogP contribution in [0, 0.1) is 0 Å². The van der Waals surface area contributed by atoms with Crippen molar-refractivity contribution in [1.29, 1.82) is 0 Å². The summed E-state index contributed by atoms with van der Waals surface area (Å²) in [5.41, 5.74) is 0.686. The van der Waals surface area contributed by atoms with E-state index in [4.69, 9.17) is 0 Å².